The summed E-state index contributed by atoms with van der Waals surface area (Å²) in [7, 11) is 0. The van der Waals surface area contributed by atoms with E-state index in [9.17, 15) is 0 Å². The maximum atomic E-state index is 2.43. The molecule has 0 heteroatoms. The predicted molar refractivity (Wildman–Crippen MR) is 118 cm³/mol. The lowest BCUT2D eigenvalue weighted by atomic mass is 9.70. The molecule has 0 radical (unpaired) electrons. The fourth-order valence-corrected chi connectivity index (χ4v) is 4.21. The van der Waals surface area contributed by atoms with Gasteiger partial charge in [0.05, 0.1) is 0 Å². The standard InChI is InChI=1S/C26H34/c1-24(2,3)17-14-15-20-21(16-17)18-12-10-11-13-19(18)22(25(4,5)6)23(20)26(7,8)9/h10-16H,1-9H3. The molecular weight excluding hydrogens is 312 g/mol. The molecule has 0 N–H and O–H groups in total. The van der Waals surface area contributed by atoms with Crippen LogP contribution in [0.5, 0.6) is 0 Å². The predicted octanol–water partition coefficient (Wildman–Crippen LogP) is 7.89. The van der Waals surface area contributed by atoms with E-state index in [4.69, 9.17) is 0 Å². The average Bonchev–Trinajstić information content (AvgIpc) is 2.50. The minimum absolute atomic E-state index is 0.0914. The van der Waals surface area contributed by atoms with Crippen LogP contribution in [0.2, 0.25) is 0 Å². The lowest BCUT2D eigenvalue weighted by Gasteiger charge is -2.34. The van der Waals surface area contributed by atoms with Gasteiger partial charge in [-0.15, -0.1) is 0 Å². The van der Waals surface area contributed by atoms with Crippen LogP contribution in [0.1, 0.15) is 79.0 Å². The summed E-state index contributed by atoms with van der Waals surface area (Å²) < 4.78 is 0. The molecule has 0 aromatic heterocycles. The largest absolute Gasteiger partial charge is 0.0616 e. The van der Waals surface area contributed by atoms with Gasteiger partial charge in [-0.25, -0.2) is 0 Å². The number of benzene rings is 3. The van der Waals surface area contributed by atoms with Gasteiger partial charge in [0.15, 0.2) is 0 Å². The first-order valence-corrected chi connectivity index (χ1v) is 9.82. The summed E-state index contributed by atoms with van der Waals surface area (Å²) in [5.74, 6) is 0. The summed E-state index contributed by atoms with van der Waals surface area (Å²) in [4.78, 5) is 0. The number of hydrogen-bond donors (Lipinski definition) is 0. The van der Waals surface area contributed by atoms with Crippen LogP contribution in [0.3, 0.4) is 0 Å². The van der Waals surface area contributed by atoms with E-state index in [1.54, 1.807) is 0 Å². The zero-order valence-corrected chi connectivity index (χ0v) is 18.0. The minimum Gasteiger partial charge on any atom is -0.0616 e. The quantitative estimate of drug-likeness (QED) is 0.363. The third kappa shape index (κ3) is 3.15. The molecule has 0 aliphatic carbocycles. The van der Waals surface area contributed by atoms with Crippen molar-refractivity contribution in [3.63, 3.8) is 0 Å². The fourth-order valence-electron chi connectivity index (χ4n) is 4.21. The summed E-state index contributed by atoms with van der Waals surface area (Å²) in [6.45, 7) is 21.0. The molecule has 138 valence electrons. The number of hydrogen-bond acceptors (Lipinski definition) is 0. The van der Waals surface area contributed by atoms with Gasteiger partial charge in [0.25, 0.3) is 0 Å². The van der Waals surface area contributed by atoms with E-state index in [-0.39, 0.29) is 16.2 Å². The molecule has 0 spiro atoms. The second-order valence-corrected chi connectivity index (χ2v) is 10.8. The topological polar surface area (TPSA) is 0 Å². The summed E-state index contributed by atoms with van der Waals surface area (Å²) in [5.41, 5.74) is 4.74. The molecule has 0 aliphatic heterocycles. The van der Waals surface area contributed by atoms with Gasteiger partial charge in [-0.2, -0.15) is 0 Å². The minimum atomic E-state index is 0.0914. The van der Waals surface area contributed by atoms with Gasteiger partial charge >= 0.3 is 0 Å². The Morgan fingerprint density at radius 3 is 1.38 bits per heavy atom. The molecule has 3 rings (SSSR count). The highest BCUT2D eigenvalue weighted by Crippen LogP contribution is 2.45. The Labute approximate surface area is 159 Å². The normalized spacial score (nSPS) is 13.6. The summed E-state index contributed by atoms with van der Waals surface area (Å²) in [6, 6.07) is 16.1. The second-order valence-electron chi connectivity index (χ2n) is 10.8. The highest BCUT2D eigenvalue weighted by molar-refractivity contribution is 6.11. The molecule has 0 atom stereocenters. The lowest BCUT2D eigenvalue weighted by molar-refractivity contribution is 0.539. The van der Waals surface area contributed by atoms with Crippen molar-refractivity contribution in [2.45, 2.75) is 78.6 Å². The molecule has 0 saturated carbocycles. The van der Waals surface area contributed by atoms with E-state index in [1.807, 2.05) is 0 Å². The van der Waals surface area contributed by atoms with Crippen LogP contribution in [-0.4, -0.2) is 0 Å². The Morgan fingerprint density at radius 2 is 0.923 bits per heavy atom. The summed E-state index contributed by atoms with van der Waals surface area (Å²) >= 11 is 0. The average molecular weight is 347 g/mol. The van der Waals surface area contributed by atoms with E-state index in [0.29, 0.717) is 0 Å². The van der Waals surface area contributed by atoms with Crippen LogP contribution in [0.25, 0.3) is 21.5 Å². The van der Waals surface area contributed by atoms with E-state index in [1.165, 1.54) is 38.2 Å². The van der Waals surface area contributed by atoms with Gasteiger partial charge in [-0.05, 0) is 60.5 Å². The fraction of sp³-hybridized carbons (Fsp3) is 0.462. The molecule has 0 aliphatic rings. The number of fused-ring (bicyclic) bond motifs is 3. The van der Waals surface area contributed by atoms with Crippen molar-refractivity contribution >= 4 is 21.5 Å². The Kier molecular flexibility index (Phi) is 4.26. The van der Waals surface area contributed by atoms with Gasteiger partial charge in [0, 0.05) is 0 Å². The van der Waals surface area contributed by atoms with Crippen molar-refractivity contribution in [2.24, 2.45) is 0 Å². The zero-order valence-electron chi connectivity index (χ0n) is 18.0. The molecule has 3 aromatic rings. The maximum absolute atomic E-state index is 2.43. The third-order valence-electron chi connectivity index (χ3n) is 5.39. The van der Waals surface area contributed by atoms with Crippen LogP contribution in [0.15, 0.2) is 42.5 Å². The summed E-state index contributed by atoms with van der Waals surface area (Å²) in [6.07, 6.45) is 0. The van der Waals surface area contributed by atoms with Crippen LogP contribution >= 0.6 is 0 Å². The van der Waals surface area contributed by atoms with Crippen LogP contribution in [0, 0.1) is 0 Å². The Balaban J connectivity index is 2.63. The molecule has 0 heterocycles. The van der Waals surface area contributed by atoms with Crippen molar-refractivity contribution < 1.29 is 0 Å². The Bertz CT molecular complexity index is 967. The molecule has 0 unspecified atom stereocenters. The highest BCUT2D eigenvalue weighted by Gasteiger charge is 2.30. The first-order chi connectivity index (χ1) is 11.8. The third-order valence-corrected chi connectivity index (χ3v) is 5.39. The van der Waals surface area contributed by atoms with Gasteiger partial charge in [-0.3, -0.25) is 0 Å². The first-order valence-electron chi connectivity index (χ1n) is 9.82. The SMILES string of the molecule is CC(C)(C)c1ccc2c(C(C)(C)C)c(C(C)(C)C)c3ccccc3c2c1. The van der Waals surface area contributed by atoms with Gasteiger partial charge in [-0.1, -0.05) is 98.7 Å². The van der Waals surface area contributed by atoms with Gasteiger partial charge in [0.1, 0.15) is 0 Å². The van der Waals surface area contributed by atoms with Crippen molar-refractivity contribution in [3.05, 3.63) is 59.2 Å². The highest BCUT2D eigenvalue weighted by atomic mass is 14.3. The van der Waals surface area contributed by atoms with Crippen molar-refractivity contribution in [1.29, 1.82) is 0 Å². The van der Waals surface area contributed by atoms with Crippen molar-refractivity contribution in [3.8, 4) is 0 Å². The molecular formula is C26H34. The van der Waals surface area contributed by atoms with Gasteiger partial charge < -0.3 is 0 Å². The number of rotatable bonds is 0. The smallest absolute Gasteiger partial charge is 0.00993 e. The molecule has 0 nitrogen and oxygen atoms in total. The van der Waals surface area contributed by atoms with Crippen LogP contribution < -0.4 is 0 Å². The van der Waals surface area contributed by atoms with E-state index in [0.717, 1.165) is 0 Å². The molecule has 0 bridgehead atoms. The Morgan fingerprint density at radius 1 is 0.462 bits per heavy atom. The van der Waals surface area contributed by atoms with Crippen molar-refractivity contribution in [1.82, 2.24) is 0 Å². The lowest BCUT2D eigenvalue weighted by Crippen LogP contribution is -2.23. The molecule has 0 amide bonds. The zero-order chi connectivity index (χ0) is 19.5. The molecule has 0 fully saturated rings. The molecule has 3 aromatic carbocycles. The molecule has 26 heavy (non-hydrogen) atoms. The maximum Gasteiger partial charge on any atom is -0.00993 e. The van der Waals surface area contributed by atoms with E-state index in [2.05, 4.69) is 105 Å². The summed E-state index contributed by atoms with van der Waals surface area (Å²) in [5, 5.41) is 5.59. The van der Waals surface area contributed by atoms with Gasteiger partial charge in [0.2, 0.25) is 0 Å². The molecule has 0 saturated heterocycles. The van der Waals surface area contributed by atoms with Crippen LogP contribution in [0.4, 0.5) is 0 Å². The van der Waals surface area contributed by atoms with E-state index >= 15 is 0 Å². The monoisotopic (exact) mass is 346 g/mol. The second kappa shape index (κ2) is 5.84. The van der Waals surface area contributed by atoms with Crippen LogP contribution in [-0.2, 0) is 16.2 Å². The Hall–Kier alpha value is -1.82. The van der Waals surface area contributed by atoms with E-state index < -0.39 is 0 Å². The van der Waals surface area contributed by atoms with Crippen molar-refractivity contribution in [2.75, 3.05) is 0 Å². The first kappa shape index (κ1) is 19.0.